The lowest BCUT2D eigenvalue weighted by Gasteiger charge is -2.28. The molecular formula is C62H42N2. The summed E-state index contributed by atoms with van der Waals surface area (Å²) in [6, 6.07) is 92.7. The monoisotopic (exact) mass is 814 g/mol. The van der Waals surface area contributed by atoms with E-state index < -0.39 is 0 Å². The molecule has 1 aromatic heterocycles. The standard InChI is InChI=1S/C62H42N2/c1-3-15-43(16-4-1)47-29-31-50-42-48(30-32-49(50)41-47)44-33-37-52(38-34-44)63(53-39-35-46(36-40-53)55-24-13-18-45-17-7-8-21-54(45)55)59-26-11-9-22-56(59)57-25-14-28-61-62(57)58-23-10-12-27-60(58)64(61)51-19-5-2-6-20-51/h1-42H. The van der Waals surface area contributed by atoms with Crippen molar-refractivity contribution in [2.24, 2.45) is 0 Å². The molecule has 0 radical (unpaired) electrons. The molecule has 2 heteroatoms. The lowest BCUT2D eigenvalue weighted by atomic mass is 9.96. The molecule has 0 amide bonds. The average molecular weight is 815 g/mol. The van der Waals surface area contributed by atoms with E-state index in [4.69, 9.17) is 0 Å². The maximum atomic E-state index is 2.42. The van der Waals surface area contributed by atoms with Crippen LogP contribution in [0.5, 0.6) is 0 Å². The summed E-state index contributed by atoms with van der Waals surface area (Å²) in [5, 5.41) is 7.43. The van der Waals surface area contributed by atoms with Gasteiger partial charge in [-0.05, 0) is 127 Å². The smallest absolute Gasteiger partial charge is 0.0547 e. The van der Waals surface area contributed by atoms with Gasteiger partial charge in [-0.2, -0.15) is 0 Å². The molecule has 0 unspecified atom stereocenters. The van der Waals surface area contributed by atoms with Crippen molar-refractivity contribution in [1.29, 1.82) is 0 Å². The zero-order chi connectivity index (χ0) is 42.4. The van der Waals surface area contributed by atoms with Crippen molar-refractivity contribution in [3.63, 3.8) is 0 Å². The molecule has 2 nitrogen and oxygen atoms in total. The third kappa shape index (κ3) is 6.52. The lowest BCUT2D eigenvalue weighted by Crippen LogP contribution is -2.11. The van der Waals surface area contributed by atoms with Crippen molar-refractivity contribution in [2.45, 2.75) is 0 Å². The maximum absolute atomic E-state index is 2.42. The number of fused-ring (bicyclic) bond motifs is 5. The summed E-state index contributed by atoms with van der Waals surface area (Å²) < 4.78 is 2.40. The van der Waals surface area contributed by atoms with Crippen LogP contribution in [-0.4, -0.2) is 4.57 Å². The Balaban J connectivity index is 0.997. The Bertz CT molecular complexity index is 3640. The van der Waals surface area contributed by atoms with Gasteiger partial charge in [0, 0.05) is 33.4 Å². The molecule has 0 aliphatic heterocycles. The number of benzene rings is 11. The van der Waals surface area contributed by atoms with Gasteiger partial charge in [-0.15, -0.1) is 0 Å². The van der Waals surface area contributed by atoms with E-state index in [1.807, 2.05) is 0 Å². The minimum absolute atomic E-state index is 1.08. The Labute approximate surface area is 373 Å². The molecule has 1 heterocycles. The van der Waals surface area contributed by atoms with E-state index >= 15 is 0 Å². The summed E-state index contributed by atoms with van der Waals surface area (Å²) in [6.07, 6.45) is 0. The van der Waals surface area contributed by atoms with Crippen LogP contribution in [0, 0.1) is 0 Å². The number of hydrogen-bond acceptors (Lipinski definition) is 1. The molecule has 64 heavy (non-hydrogen) atoms. The van der Waals surface area contributed by atoms with Gasteiger partial charge in [0.1, 0.15) is 0 Å². The first kappa shape index (κ1) is 37.3. The molecule has 0 aliphatic carbocycles. The Morgan fingerprint density at radius 3 is 1.52 bits per heavy atom. The van der Waals surface area contributed by atoms with Crippen LogP contribution in [0.15, 0.2) is 255 Å². The molecule has 0 atom stereocenters. The van der Waals surface area contributed by atoms with Gasteiger partial charge in [0.25, 0.3) is 0 Å². The molecular weight excluding hydrogens is 773 g/mol. The lowest BCUT2D eigenvalue weighted by molar-refractivity contribution is 1.18. The normalized spacial score (nSPS) is 11.4. The molecule has 300 valence electrons. The maximum Gasteiger partial charge on any atom is 0.0547 e. The van der Waals surface area contributed by atoms with Crippen LogP contribution in [0.4, 0.5) is 17.1 Å². The molecule has 0 spiro atoms. The van der Waals surface area contributed by atoms with Crippen LogP contribution in [0.1, 0.15) is 0 Å². The fraction of sp³-hybridized carbons (Fsp3) is 0. The second kappa shape index (κ2) is 15.8. The molecule has 12 aromatic rings. The van der Waals surface area contributed by atoms with Gasteiger partial charge >= 0.3 is 0 Å². The summed E-state index contributed by atoms with van der Waals surface area (Å²) in [7, 11) is 0. The number of nitrogens with zero attached hydrogens (tertiary/aromatic N) is 2. The molecule has 12 rings (SSSR count). The van der Waals surface area contributed by atoms with E-state index in [2.05, 4.69) is 264 Å². The van der Waals surface area contributed by atoms with Crippen LogP contribution < -0.4 is 4.90 Å². The summed E-state index contributed by atoms with van der Waals surface area (Å²) in [5.41, 5.74) is 16.4. The molecule has 0 saturated heterocycles. The van der Waals surface area contributed by atoms with Crippen molar-refractivity contribution in [3.05, 3.63) is 255 Å². The number of para-hydroxylation sites is 3. The first-order chi connectivity index (χ1) is 31.7. The van der Waals surface area contributed by atoms with Gasteiger partial charge in [0.05, 0.1) is 16.7 Å². The van der Waals surface area contributed by atoms with Gasteiger partial charge < -0.3 is 9.47 Å². The van der Waals surface area contributed by atoms with Crippen LogP contribution >= 0.6 is 0 Å². The Morgan fingerprint density at radius 1 is 0.281 bits per heavy atom. The van der Waals surface area contributed by atoms with E-state index in [0.29, 0.717) is 0 Å². The fourth-order valence-electron chi connectivity index (χ4n) is 9.73. The quantitative estimate of drug-likeness (QED) is 0.148. The number of hydrogen-bond donors (Lipinski definition) is 0. The highest BCUT2D eigenvalue weighted by Crippen LogP contribution is 2.46. The van der Waals surface area contributed by atoms with Crippen molar-refractivity contribution >= 4 is 60.4 Å². The molecule has 0 aliphatic rings. The molecule has 0 saturated carbocycles. The van der Waals surface area contributed by atoms with Crippen molar-refractivity contribution in [1.82, 2.24) is 4.57 Å². The minimum Gasteiger partial charge on any atom is -0.310 e. The van der Waals surface area contributed by atoms with Crippen molar-refractivity contribution in [2.75, 3.05) is 4.90 Å². The van der Waals surface area contributed by atoms with Gasteiger partial charge in [-0.3, -0.25) is 0 Å². The van der Waals surface area contributed by atoms with Gasteiger partial charge in [-0.1, -0.05) is 188 Å². The van der Waals surface area contributed by atoms with Gasteiger partial charge in [0.2, 0.25) is 0 Å². The fourth-order valence-corrected chi connectivity index (χ4v) is 9.73. The van der Waals surface area contributed by atoms with E-state index in [9.17, 15) is 0 Å². The van der Waals surface area contributed by atoms with Gasteiger partial charge in [0.15, 0.2) is 0 Å². The third-order valence-corrected chi connectivity index (χ3v) is 12.8. The predicted octanol–water partition coefficient (Wildman–Crippen LogP) is 17.2. The second-order valence-electron chi connectivity index (χ2n) is 16.5. The van der Waals surface area contributed by atoms with Crippen LogP contribution in [0.25, 0.3) is 93.5 Å². The Hall–Kier alpha value is -8.46. The van der Waals surface area contributed by atoms with Gasteiger partial charge in [-0.25, -0.2) is 0 Å². The zero-order valence-corrected chi connectivity index (χ0v) is 35.1. The highest BCUT2D eigenvalue weighted by atomic mass is 15.1. The summed E-state index contributed by atoms with van der Waals surface area (Å²) in [6.45, 7) is 0. The van der Waals surface area contributed by atoms with Crippen molar-refractivity contribution in [3.8, 4) is 50.2 Å². The number of aromatic nitrogens is 1. The summed E-state index contributed by atoms with van der Waals surface area (Å²) >= 11 is 0. The molecule has 0 fully saturated rings. The molecule has 0 N–H and O–H groups in total. The highest BCUT2D eigenvalue weighted by molar-refractivity contribution is 6.17. The van der Waals surface area contributed by atoms with E-state index in [1.165, 1.54) is 82.3 Å². The first-order valence-corrected chi connectivity index (χ1v) is 22.0. The van der Waals surface area contributed by atoms with E-state index in [1.54, 1.807) is 0 Å². The average Bonchev–Trinajstić information content (AvgIpc) is 3.72. The van der Waals surface area contributed by atoms with Crippen LogP contribution in [-0.2, 0) is 0 Å². The van der Waals surface area contributed by atoms with E-state index in [-0.39, 0.29) is 0 Å². The number of anilines is 3. The van der Waals surface area contributed by atoms with Crippen LogP contribution in [0.3, 0.4) is 0 Å². The largest absolute Gasteiger partial charge is 0.310 e. The first-order valence-electron chi connectivity index (χ1n) is 22.0. The SMILES string of the molecule is c1ccc(-c2ccc3cc(-c4ccc(N(c5ccc(-c6cccc7ccccc67)cc5)c5ccccc5-c5cccc6c5c5ccccc5n6-c5ccccc5)cc4)ccc3c2)cc1. The summed E-state index contributed by atoms with van der Waals surface area (Å²) in [5.74, 6) is 0. The molecule has 0 bridgehead atoms. The Kier molecular flexibility index (Phi) is 9.20. The highest BCUT2D eigenvalue weighted by Gasteiger charge is 2.22. The second-order valence-corrected chi connectivity index (χ2v) is 16.5. The molecule has 11 aromatic carbocycles. The van der Waals surface area contributed by atoms with Crippen molar-refractivity contribution < 1.29 is 0 Å². The van der Waals surface area contributed by atoms with E-state index in [0.717, 1.165) is 28.3 Å². The number of rotatable bonds is 8. The zero-order valence-electron chi connectivity index (χ0n) is 35.1. The minimum atomic E-state index is 1.08. The van der Waals surface area contributed by atoms with Crippen LogP contribution in [0.2, 0.25) is 0 Å². The topological polar surface area (TPSA) is 8.17 Å². The summed E-state index contributed by atoms with van der Waals surface area (Å²) in [4.78, 5) is 2.42. The Morgan fingerprint density at radius 2 is 0.781 bits per heavy atom. The predicted molar refractivity (Wildman–Crippen MR) is 272 cm³/mol. The third-order valence-electron chi connectivity index (χ3n) is 12.8.